The van der Waals surface area contributed by atoms with E-state index >= 15 is 0 Å². The fourth-order valence-electron chi connectivity index (χ4n) is 8.92. The van der Waals surface area contributed by atoms with Crippen LogP contribution < -0.4 is 0 Å². The van der Waals surface area contributed by atoms with Gasteiger partial charge in [0.1, 0.15) is 0 Å². The van der Waals surface area contributed by atoms with E-state index in [-0.39, 0.29) is 0 Å². The Morgan fingerprint density at radius 3 is 1.34 bits per heavy atom. The number of hydrogen-bond donors (Lipinski definition) is 0. The Morgan fingerprint density at radius 1 is 0.305 bits per heavy atom. The Hall–Kier alpha value is -8.02. The standard InChI is InChI=1S/C54H34N4O/c1-2-12-37(13-3-1)53-55-56-54(59-53)38-23-29-42(30-24-38)58-50-20-9-7-17-46(50)48-34-40(26-32-52(48)58)39-25-31-51-47(33-39)45-16-6-8-19-49(45)57(51)41-27-21-36(22-28-41)44-18-10-14-35-11-4-5-15-43(35)44/h1-34H. The van der Waals surface area contributed by atoms with Gasteiger partial charge in [-0.1, -0.05) is 121 Å². The Bertz CT molecular complexity index is 3530. The zero-order chi connectivity index (χ0) is 38.9. The van der Waals surface area contributed by atoms with Crippen molar-refractivity contribution >= 4 is 54.4 Å². The van der Waals surface area contributed by atoms with Crippen molar-refractivity contribution in [3.63, 3.8) is 0 Å². The average molecular weight is 755 g/mol. The predicted molar refractivity (Wildman–Crippen MR) is 242 cm³/mol. The Labute approximate surface area is 339 Å². The summed E-state index contributed by atoms with van der Waals surface area (Å²) in [5.41, 5.74) is 13.5. The van der Waals surface area contributed by atoms with Crippen molar-refractivity contribution in [1.82, 2.24) is 19.3 Å². The third-order valence-electron chi connectivity index (χ3n) is 11.7. The maximum atomic E-state index is 6.06. The number of para-hydroxylation sites is 2. The molecule has 0 aliphatic heterocycles. The largest absolute Gasteiger partial charge is 0.416 e. The molecule has 3 aromatic heterocycles. The van der Waals surface area contributed by atoms with Crippen molar-refractivity contribution in [2.45, 2.75) is 0 Å². The first-order valence-corrected chi connectivity index (χ1v) is 19.9. The molecular weight excluding hydrogens is 721 g/mol. The van der Waals surface area contributed by atoms with Gasteiger partial charge in [-0.05, 0) is 118 Å². The lowest BCUT2D eigenvalue weighted by atomic mass is 9.98. The molecule has 0 saturated heterocycles. The van der Waals surface area contributed by atoms with Crippen LogP contribution in [0.2, 0.25) is 0 Å². The SMILES string of the molecule is c1ccc(-c2nnc(-c3ccc(-n4c5ccccc5c5cc(-c6ccc7c(c6)c6ccccc6n7-c6ccc(-c7cccc8ccccc78)cc6)ccc54)cc3)o2)cc1. The molecule has 0 saturated carbocycles. The summed E-state index contributed by atoms with van der Waals surface area (Å²) >= 11 is 0. The molecule has 9 aromatic carbocycles. The summed E-state index contributed by atoms with van der Waals surface area (Å²) in [6.07, 6.45) is 0. The maximum Gasteiger partial charge on any atom is 0.248 e. The molecule has 59 heavy (non-hydrogen) atoms. The highest BCUT2D eigenvalue weighted by atomic mass is 16.4. The summed E-state index contributed by atoms with van der Waals surface area (Å²) < 4.78 is 10.8. The van der Waals surface area contributed by atoms with Gasteiger partial charge in [0, 0.05) is 44.0 Å². The second-order valence-corrected chi connectivity index (χ2v) is 15.1. The monoisotopic (exact) mass is 754 g/mol. The van der Waals surface area contributed by atoms with Gasteiger partial charge in [-0.2, -0.15) is 0 Å². The molecule has 0 aliphatic rings. The van der Waals surface area contributed by atoms with E-state index in [0.29, 0.717) is 11.8 Å². The van der Waals surface area contributed by atoms with Crippen LogP contribution in [0.5, 0.6) is 0 Å². The molecule has 3 heterocycles. The van der Waals surface area contributed by atoms with E-state index in [1.54, 1.807) is 0 Å². The lowest BCUT2D eigenvalue weighted by Gasteiger charge is -2.11. The van der Waals surface area contributed by atoms with Crippen LogP contribution in [-0.2, 0) is 0 Å². The van der Waals surface area contributed by atoms with Gasteiger partial charge >= 0.3 is 0 Å². The van der Waals surface area contributed by atoms with E-state index < -0.39 is 0 Å². The topological polar surface area (TPSA) is 48.8 Å². The maximum absolute atomic E-state index is 6.06. The molecule has 12 rings (SSSR count). The molecule has 0 amide bonds. The number of benzene rings is 9. The fraction of sp³-hybridized carbons (Fsp3) is 0. The summed E-state index contributed by atoms with van der Waals surface area (Å²) in [6.45, 7) is 0. The number of aromatic nitrogens is 4. The fourth-order valence-corrected chi connectivity index (χ4v) is 8.92. The van der Waals surface area contributed by atoms with Gasteiger partial charge in [-0.3, -0.25) is 0 Å². The summed E-state index contributed by atoms with van der Waals surface area (Å²) in [4.78, 5) is 0. The van der Waals surface area contributed by atoms with Crippen molar-refractivity contribution < 1.29 is 4.42 Å². The smallest absolute Gasteiger partial charge is 0.248 e. The van der Waals surface area contributed by atoms with Crippen molar-refractivity contribution in [2.75, 3.05) is 0 Å². The molecule has 0 fully saturated rings. The third kappa shape index (κ3) is 5.40. The highest BCUT2D eigenvalue weighted by Crippen LogP contribution is 2.39. The zero-order valence-electron chi connectivity index (χ0n) is 31.8. The van der Waals surface area contributed by atoms with Crippen molar-refractivity contribution in [3.05, 3.63) is 206 Å². The molecule has 0 N–H and O–H groups in total. The first-order valence-electron chi connectivity index (χ1n) is 19.9. The van der Waals surface area contributed by atoms with Crippen LogP contribution in [0.3, 0.4) is 0 Å². The van der Waals surface area contributed by atoms with E-state index in [1.807, 2.05) is 30.3 Å². The minimum Gasteiger partial charge on any atom is -0.416 e. The highest BCUT2D eigenvalue weighted by Gasteiger charge is 2.17. The highest BCUT2D eigenvalue weighted by molar-refractivity contribution is 6.12. The molecule has 0 bridgehead atoms. The molecule has 0 unspecified atom stereocenters. The van der Waals surface area contributed by atoms with Gasteiger partial charge in [0.05, 0.1) is 22.1 Å². The first-order chi connectivity index (χ1) is 29.2. The van der Waals surface area contributed by atoms with E-state index in [1.165, 1.54) is 65.6 Å². The van der Waals surface area contributed by atoms with Crippen LogP contribution in [0, 0.1) is 0 Å². The van der Waals surface area contributed by atoms with Crippen LogP contribution in [-0.4, -0.2) is 19.3 Å². The normalized spacial score (nSPS) is 11.7. The van der Waals surface area contributed by atoms with Crippen LogP contribution >= 0.6 is 0 Å². The van der Waals surface area contributed by atoms with Crippen LogP contribution in [0.15, 0.2) is 211 Å². The zero-order valence-corrected chi connectivity index (χ0v) is 31.8. The average Bonchev–Trinajstić information content (AvgIpc) is 4.02. The van der Waals surface area contributed by atoms with E-state index in [2.05, 4.69) is 195 Å². The van der Waals surface area contributed by atoms with E-state index in [0.717, 1.165) is 33.5 Å². The van der Waals surface area contributed by atoms with Crippen LogP contribution in [0.25, 0.3) is 111 Å². The molecule has 0 radical (unpaired) electrons. The van der Waals surface area contributed by atoms with Gasteiger partial charge in [0.2, 0.25) is 11.8 Å². The van der Waals surface area contributed by atoms with Crippen LogP contribution in [0.4, 0.5) is 0 Å². The predicted octanol–water partition coefficient (Wildman–Crippen LogP) is 14.1. The first kappa shape index (κ1) is 33.2. The lowest BCUT2D eigenvalue weighted by molar-refractivity contribution is 0.584. The molecule has 5 heteroatoms. The van der Waals surface area contributed by atoms with Gasteiger partial charge in [-0.25, -0.2) is 0 Å². The van der Waals surface area contributed by atoms with Crippen molar-refractivity contribution in [1.29, 1.82) is 0 Å². The van der Waals surface area contributed by atoms with E-state index in [4.69, 9.17) is 4.42 Å². The summed E-state index contributed by atoms with van der Waals surface area (Å²) in [6, 6.07) is 73.5. The molecule has 0 atom stereocenters. The summed E-state index contributed by atoms with van der Waals surface area (Å²) in [5, 5.41) is 16.0. The Balaban J connectivity index is 0.918. The van der Waals surface area contributed by atoms with Crippen molar-refractivity contribution in [3.8, 4) is 56.5 Å². The summed E-state index contributed by atoms with van der Waals surface area (Å²) in [5.74, 6) is 1.01. The number of hydrogen-bond acceptors (Lipinski definition) is 3. The molecule has 5 nitrogen and oxygen atoms in total. The van der Waals surface area contributed by atoms with Gasteiger partial charge < -0.3 is 13.6 Å². The third-order valence-corrected chi connectivity index (χ3v) is 11.7. The number of fused-ring (bicyclic) bond motifs is 7. The number of rotatable bonds is 6. The molecule has 0 aliphatic carbocycles. The van der Waals surface area contributed by atoms with Gasteiger partial charge in [0.15, 0.2) is 0 Å². The Morgan fingerprint density at radius 2 is 0.746 bits per heavy atom. The van der Waals surface area contributed by atoms with Crippen molar-refractivity contribution in [2.24, 2.45) is 0 Å². The second-order valence-electron chi connectivity index (χ2n) is 15.1. The lowest BCUT2D eigenvalue weighted by Crippen LogP contribution is -1.94. The van der Waals surface area contributed by atoms with Gasteiger partial charge in [-0.15, -0.1) is 10.2 Å². The molecule has 12 aromatic rings. The molecule has 0 spiro atoms. The second kappa shape index (κ2) is 13.3. The summed E-state index contributed by atoms with van der Waals surface area (Å²) in [7, 11) is 0. The molecule has 276 valence electrons. The number of nitrogens with zero attached hydrogens (tertiary/aromatic N) is 4. The van der Waals surface area contributed by atoms with E-state index in [9.17, 15) is 0 Å². The minimum atomic E-state index is 0.497. The Kier molecular flexibility index (Phi) is 7.47. The minimum absolute atomic E-state index is 0.497. The molecular formula is C54H34N4O. The quantitative estimate of drug-likeness (QED) is 0.170. The van der Waals surface area contributed by atoms with Crippen LogP contribution in [0.1, 0.15) is 0 Å². The van der Waals surface area contributed by atoms with Gasteiger partial charge in [0.25, 0.3) is 0 Å².